The summed E-state index contributed by atoms with van der Waals surface area (Å²) in [5.74, 6) is 0.974. The summed E-state index contributed by atoms with van der Waals surface area (Å²) in [5.41, 5.74) is 1.30. The van der Waals surface area contributed by atoms with Gasteiger partial charge in [0.05, 0.1) is 0 Å². The summed E-state index contributed by atoms with van der Waals surface area (Å²) < 4.78 is 0. The molecule has 0 amide bonds. The Bertz CT molecular complexity index is 315. The zero-order valence-electron chi connectivity index (χ0n) is 11.0. The van der Waals surface area contributed by atoms with Crippen molar-refractivity contribution in [2.45, 2.75) is 58.0 Å². The largest absolute Gasteiger partial charge is 0.307 e. The Hall–Kier alpha value is -0.890. The van der Waals surface area contributed by atoms with Crippen molar-refractivity contribution in [2.24, 2.45) is 5.92 Å². The summed E-state index contributed by atoms with van der Waals surface area (Å²) in [6, 6.07) is 5.30. The van der Waals surface area contributed by atoms with E-state index < -0.39 is 0 Å². The fourth-order valence-corrected chi connectivity index (χ4v) is 2.82. The van der Waals surface area contributed by atoms with Gasteiger partial charge in [0.2, 0.25) is 0 Å². The van der Waals surface area contributed by atoms with Gasteiger partial charge < -0.3 is 5.32 Å². The molecule has 0 aliphatic heterocycles. The van der Waals surface area contributed by atoms with Crippen molar-refractivity contribution < 1.29 is 0 Å². The van der Waals surface area contributed by atoms with Gasteiger partial charge in [-0.25, -0.2) is 0 Å². The summed E-state index contributed by atoms with van der Waals surface area (Å²) in [7, 11) is 0. The average molecular weight is 232 g/mol. The number of nitrogens with zero attached hydrogens (tertiary/aromatic N) is 1. The fourth-order valence-electron chi connectivity index (χ4n) is 2.82. The molecule has 1 saturated carbocycles. The second-order valence-electron chi connectivity index (χ2n) is 5.30. The maximum Gasteiger partial charge on any atom is 0.0315 e. The van der Waals surface area contributed by atoms with Crippen molar-refractivity contribution in [3.63, 3.8) is 0 Å². The first-order valence-electron chi connectivity index (χ1n) is 6.95. The third-order valence-corrected chi connectivity index (χ3v) is 4.09. The minimum absolute atomic E-state index is 0.423. The molecule has 1 fully saturated rings. The summed E-state index contributed by atoms with van der Waals surface area (Å²) in [6.45, 7) is 4.56. The van der Waals surface area contributed by atoms with Crippen molar-refractivity contribution in [3.8, 4) is 0 Å². The van der Waals surface area contributed by atoms with Gasteiger partial charge in [-0.1, -0.05) is 19.4 Å². The van der Waals surface area contributed by atoms with Crippen molar-refractivity contribution in [3.05, 3.63) is 30.1 Å². The molecule has 2 heteroatoms. The number of pyridine rings is 1. The van der Waals surface area contributed by atoms with Gasteiger partial charge in [0.15, 0.2) is 0 Å². The molecule has 1 unspecified atom stereocenters. The van der Waals surface area contributed by atoms with Crippen LogP contribution in [-0.4, -0.2) is 11.0 Å². The van der Waals surface area contributed by atoms with Crippen molar-refractivity contribution >= 4 is 0 Å². The summed E-state index contributed by atoms with van der Waals surface area (Å²) >= 11 is 0. The third-order valence-electron chi connectivity index (χ3n) is 4.09. The first kappa shape index (κ1) is 12.6. The third kappa shape index (κ3) is 3.53. The maximum atomic E-state index is 4.18. The Morgan fingerprint density at radius 2 is 2.12 bits per heavy atom. The first-order valence-corrected chi connectivity index (χ1v) is 6.95. The number of rotatable bonds is 4. The van der Waals surface area contributed by atoms with E-state index in [-0.39, 0.29) is 0 Å². The molecule has 17 heavy (non-hydrogen) atoms. The lowest BCUT2D eigenvalue weighted by Gasteiger charge is -2.30. The first-order chi connectivity index (χ1) is 8.29. The Balaban J connectivity index is 1.82. The fraction of sp³-hybridized carbons (Fsp3) is 0.667. The molecular formula is C15H24N2. The Kier molecular flexibility index (Phi) is 4.55. The molecule has 1 heterocycles. The van der Waals surface area contributed by atoms with E-state index in [0.717, 1.165) is 5.92 Å². The maximum absolute atomic E-state index is 4.18. The second kappa shape index (κ2) is 6.15. The molecule has 2 nitrogen and oxygen atoms in total. The molecule has 0 radical (unpaired) electrons. The highest BCUT2D eigenvalue weighted by atomic mass is 14.9. The van der Waals surface area contributed by atoms with Crippen molar-refractivity contribution in [1.82, 2.24) is 10.3 Å². The van der Waals surface area contributed by atoms with Crippen LogP contribution in [0.4, 0.5) is 0 Å². The predicted octanol–water partition coefficient (Wildman–Crippen LogP) is 3.70. The van der Waals surface area contributed by atoms with Gasteiger partial charge in [-0.2, -0.15) is 0 Å². The van der Waals surface area contributed by atoms with Gasteiger partial charge in [0.1, 0.15) is 0 Å². The molecule has 0 bridgehead atoms. The van der Waals surface area contributed by atoms with Crippen LogP contribution in [0.3, 0.4) is 0 Å². The quantitative estimate of drug-likeness (QED) is 0.856. The van der Waals surface area contributed by atoms with E-state index in [0.29, 0.717) is 12.1 Å². The number of hydrogen-bond acceptors (Lipinski definition) is 2. The lowest BCUT2D eigenvalue weighted by molar-refractivity contribution is 0.273. The molecule has 94 valence electrons. The highest BCUT2D eigenvalue weighted by Crippen LogP contribution is 2.27. The van der Waals surface area contributed by atoms with E-state index in [1.807, 2.05) is 18.5 Å². The van der Waals surface area contributed by atoms with Gasteiger partial charge in [-0.15, -0.1) is 0 Å². The van der Waals surface area contributed by atoms with Crippen LogP contribution < -0.4 is 5.32 Å². The van der Waals surface area contributed by atoms with Gasteiger partial charge in [-0.05, 0) is 50.2 Å². The van der Waals surface area contributed by atoms with E-state index in [9.17, 15) is 0 Å². The molecule has 0 saturated heterocycles. The molecule has 1 aliphatic carbocycles. The van der Waals surface area contributed by atoms with Gasteiger partial charge in [0, 0.05) is 24.5 Å². The molecule has 1 aliphatic rings. The molecule has 1 atom stereocenters. The number of hydrogen-bond donors (Lipinski definition) is 1. The second-order valence-corrected chi connectivity index (χ2v) is 5.30. The van der Waals surface area contributed by atoms with Gasteiger partial charge >= 0.3 is 0 Å². The topological polar surface area (TPSA) is 24.9 Å². The number of aromatic nitrogens is 1. The van der Waals surface area contributed by atoms with Crippen LogP contribution in [0.5, 0.6) is 0 Å². The van der Waals surface area contributed by atoms with E-state index in [4.69, 9.17) is 0 Å². The highest BCUT2D eigenvalue weighted by Gasteiger charge is 2.21. The Labute approximate surface area is 105 Å². The van der Waals surface area contributed by atoms with Gasteiger partial charge in [0.25, 0.3) is 0 Å². The highest BCUT2D eigenvalue weighted by molar-refractivity contribution is 5.13. The summed E-state index contributed by atoms with van der Waals surface area (Å²) in [5, 5.41) is 3.74. The van der Waals surface area contributed by atoms with E-state index in [1.54, 1.807) is 0 Å². The minimum Gasteiger partial charge on any atom is -0.307 e. The Morgan fingerprint density at radius 3 is 2.71 bits per heavy atom. The summed E-state index contributed by atoms with van der Waals surface area (Å²) in [6.07, 6.45) is 10.6. The normalized spacial score (nSPS) is 26.7. The lowest BCUT2D eigenvalue weighted by atomic mass is 9.84. The number of nitrogens with one attached hydrogen (secondary N) is 1. The zero-order valence-corrected chi connectivity index (χ0v) is 11.0. The Morgan fingerprint density at radius 1 is 1.35 bits per heavy atom. The molecule has 2 rings (SSSR count). The molecule has 0 spiro atoms. The van der Waals surface area contributed by atoms with Crippen LogP contribution in [0.1, 0.15) is 57.6 Å². The monoisotopic (exact) mass is 232 g/mol. The standard InChI is InChI=1S/C15H24N2/c1-3-13-6-8-15(9-7-13)17-12(2)14-5-4-10-16-11-14/h4-5,10-13,15,17H,3,6-9H2,1-2H3. The molecule has 0 aromatic carbocycles. The van der Waals surface area contributed by atoms with Crippen molar-refractivity contribution in [1.29, 1.82) is 0 Å². The zero-order chi connectivity index (χ0) is 12.1. The molecule has 1 N–H and O–H groups in total. The SMILES string of the molecule is CCC1CCC(NC(C)c2cccnc2)CC1. The summed E-state index contributed by atoms with van der Waals surface area (Å²) in [4.78, 5) is 4.18. The van der Waals surface area contributed by atoms with Crippen molar-refractivity contribution in [2.75, 3.05) is 0 Å². The minimum atomic E-state index is 0.423. The van der Waals surface area contributed by atoms with E-state index in [1.165, 1.54) is 37.7 Å². The molecule has 1 aromatic heterocycles. The molecule has 1 aromatic rings. The van der Waals surface area contributed by atoms with Crippen LogP contribution in [0, 0.1) is 5.92 Å². The average Bonchev–Trinajstić information content (AvgIpc) is 2.40. The van der Waals surface area contributed by atoms with Crippen LogP contribution in [-0.2, 0) is 0 Å². The van der Waals surface area contributed by atoms with E-state index in [2.05, 4.69) is 30.2 Å². The van der Waals surface area contributed by atoms with Gasteiger partial charge in [-0.3, -0.25) is 4.98 Å². The molecular weight excluding hydrogens is 208 g/mol. The van der Waals surface area contributed by atoms with Crippen LogP contribution in [0.25, 0.3) is 0 Å². The van der Waals surface area contributed by atoms with Crippen LogP contribution >= 0.6 is 0 Å². The van der Waals surface area contributed by atoms with Crippen LogP contribution in [0.15, 0.2) is 24.5 Å². The smallest absolute Gasteiger partial charge is 0.0315 e. The lowest BCUT2D eigenvalue weighted by Crippen LogP contribution is -2.34. The van der Waals surface area contributed by atoms with E-state index >= 15 is 0 Å². The van der Waals surface area contributed by atoms with Crippen LogP contribution in [0.2, 0.25) is 0 Å². The predicted molar refractivity (Wildman–Crippen MR) is 71.8 cm³/mol.